The van der Waals surface area contributed by atoms with Gasteiger partial charge in [-0.05, 0) is 19.8 Å². The Kier molecular flexibility index (Phi) is 4.43. The van der Waals surface area contributed by atoms with Gasteiger partial charge < -0.3 is 0 Å². The van der Waals surface area contributed by atoms with Crippen LogP contribution < -0.4 is 0 Å². The molecule has 0 unspecified atom stereocenters. The SMILES string of the molecule is CC(C)CC(=Cc1cnn(C(C)C)c1)[N+](=O)[O-]. The topological polar surface area (TPSA) is 61.0 Å². The van der Waals surface area contributed by atoms with E-state index in [9.17, 15) is 10.1 Å². The van der Waals surface area contributed by atoms with Crippen LogP contribution in [0.15, 0.2) is 18.1 Å². The molecule has 0 aliphatic carbocycles. The number of nitrogens with zero attached hydrogens (tertiary/aromatic N) is 3. The van der Waals surface area contributed by atoms with Crippen LogP contribution in [0, 0.1) is 16.0 Å². The maximum atomic E-state index is 10.9. The lowest BCUT2D eigenvalue weighted by Gasteiger charge is -2.03. The fourth-order valence-electron chi connectivity index (χ4n) is 1.51. The number of hydrogen-bond acceptors (Lipinski definition) is 3. The van der Waals surface area contributed by atoms with E-state index < -0.39 is 0 Å². The van der Waals surface area contributed by atoms with Crippen LogP contribution in [-0.4, -0.2) is 14.7 Å². The summed E-state index contributed by atoms with van der Waals surface area (Å²) in [6.45, 7) is 7.97. The fourth-order valence-corrected chi connectivity index (χ4v) is 1.51. The zero-order valence-electron chi connectivity index (χ0n) is 10.8. The minimum Gasteiger partial charge on any atom is -0.270 e. The lowest BCUT2D eigenvalue weighted by Crippen LogP contribution is -2.02. The standard InChI is InChI=1S/C12H19N3O2/c1-9(2)5-12(15(16)17)6-11-7-13-14(8-11)10(3)4/h6-10H,5H2,1-4H3. The van der Waals surface area contributed by atoms with Gasteiger partial charge in [0.05, 0.1) is 11.1 Å². The molecule has 0 aliphatic heterocycles. The van der Waals surface area contributed by atoms with Crippen LogP contribution in [0.1, 0.15) is 45.7 Å². The number of hydrogen-bond donors (Lipinski definition) is 0. The van der Waals surface area contributed by atoms with Gasteiger partial charge in [0.1, 0.15) is 0 Å². The molecule has 1 heterocycles. The highest BCUT2D eigenvalue weighted by atomic mass is 16.6. The summed E-state index contributed by atoms with van der Waals surface area (Å²) in [5, 5.41) is 15.0. The van der Waals surface area contributed by atoms with Gasteiger partial charge >= 0.3 is 0 Å². The molecular weight excluding hydrogens is 218 g/mol. The Bertz CT molecular complexity index is 419. The molecule has 0 N–H and O–H groups in total. The molecule has 0 radical (unpaired) electrons. The smallest absolute Gasteiger partial charge is 0.247 e. The van der Waals surface area contributed by atoms with Crippen LogP contribution in [0.25, 0.3) is 6.08 Å². The first-order valence-electron chi connectivity index (χ1n) is 5.79. The van der Waals surface area contributed by atoms with E-state index in [4.69, 9.17) is 0 Å². The Hall–Kier alpha value is -1.65. The summed E-state index contributed by atoms with van der Waals surface area (Å²) >= 11 is 0. The highest BCUT2D eigenvalue weighted by Gasteiger charge is 2.13. The van der Waals surface area contributed by atoms with Crippen molar-refractivity contribution in [2.75, 3.05) is 0 Å². The van der Waals surface area contributed by atoms with Crippen molar-refractivity contribution in [2.45, 2.75) is 40.2 Å². The van der Waals surface area contributed by atoms with Gasteiger partial charge in [0.15, 0.2) is 0 Å². The van der Waals surface area contributed by atoms with Gasteiger partial charge in [0.25, 0.3) is 0 Å². The second-order valence-corrected chi connectivity index (χ2v) is 4.84. The monoisotopic (exact) mass is 237 g/mol. The molecule has 1 aromatic heterocycles. The third-order valence-corrected chi connectivity index (χ3v) is 2.34. The van der Waals surface area contributed by atoms with E-state index in [1.54, 1.807) is 17.0 Å². The summed E-state index contributed by atoms with van der Waals surface area (Å²) in [5.41, 5.74) is 1.02. The molecule has 5 heteroatoms. The molecule has 5 nitrogen and oxygen atoms in total. The highest BCUT2D eigenvalue weighted by Crippen LogP contribution is 2.16. The Labute approximate surface area is 101 Å². The molecule has 0 aliphatic rings. The summed E-state index contributed by atoms with van der Waals surface area (Å²) in [6, 6.07) is 0.265. The summed E-state index contributed by atoms with van der Waals surface area (Å²) in [6.07, 6.45) is 5.56. The predicted octanol–water partition coefficient (Wildman–Crippen LogP) is 3.13. The Morgan fingerprint density at radius 2 is 2.18 bits per heavy atom. The fraction of sp³-hybridized carbons (Fsp3) is 0.583. The van der Waals surface area contributed by atoms with E-state index >= 15 is 0 Å². The average molecular weight is 237 g/mol. The van der Waals surface area contributed by atoms with Gasteiger partial charge in [-0.25, -0.2) is 0 Å². The average Bonchev–Trinajstić information content (AvgIpc) is 2.64. The minimum atomic E-state index is -0.313. The van der Waals surface area contributed by atoms with Crippen LogP contribution in [0.3, 0.4) is 0 Å². The van der Waals surface area contributed by atoms with Crippen LogP contribution >= 0.6 is 0 Å². The summed E-state index contributed by atoms with van der Waals surface area (Å²) in [5.74, 6) is 0.270. The first-order chi connectivity index (χ1) is 7.90. The largest absolute Gasteiger partial charge is 0.270 e. The van der Waals surface area contributed by atoms with Gasteiger partial charge in [0, 0.05) is 30.3 Å². The predicted molar refractivity (Wildman–Crippen MR) is 67.0 cm³/mol. The van der Waals surface area contributed by atoms with E-state index in [0.29, 0.717) is 6.42 Å². The maximum Gasteiger partial charge on any atom is 0.247 e. The molecule has 0 amide bonds. The molecule has 0 saturated heterocycles. The molecule has 0 atom stereocenters. The van der Waals surface area contributed by atoms with E-state index in [0.717, 1.165) is 5.56 Å². The van der Waals surface area contributed by atoms with E-state index in [2.05, 4.69) is 5.10 Å². The molecular formula is C12H19N3O2. The quantitative estimate of drug-likeness (QED) is 0.584. The lowest BCUT2D eigenvalue weighted by atomic mass is 10.1. The van der Waals surface area contributed by atoms with Crippen molar-refractivity contribution in [1.29, 1.82) is 0 Å². The van der Waals surface area contributed by atoms with Crippen molar-refractivity contribution in [3.63, 3.8) is 0 Å². The third-order valence-electron chi connectivity index (χ3n) is 2.34. The molecule has 1 aromatic rings. The van der Waals surface area contributed by atoms with Crippen molar-refractivity contribution in [2.24, 2.45) is 5.92 Å². The Morgan fingerprint density at radius 3 is 2.59 bits per heavy atom. The van der Waals surface area contributed by atoms with Gasteiger partial charge in [-0.15, -0.1) is 0 Å². The Balaban J connectivity index is 2.92. The highest BCUT2D eigenvalue weighted by molar-refractivity contribution is 5.48. The molecule has 0 spiro atoms. The summed E-state index contributed by atoms with van der Waals surface area (Å²) in [7, 11) is 0. The van der Waals surface area contributed by atoms with Gasteiger partial charge in [-0.1, -0.05) is 13.8 Å². The van der Waals surface area contributed by atoms with Crippen molar-refractivity contribution < 1.29 is 4.92 Å². The normalized spacial score (nSPS) is 12.5. The van der Waals surface area contributed by atoms with E-state index in [-0.39, 0.29) is 22.6 Å². The van der Waals surface area contributed by atoms with Crippen LogP contribution in [-0.2, 0) is 0 Å². The van der Waals surface area contributed by atoms with Crippen molar-refractivity contribution in [3.05, 3.63) is 33.8 Å². The van der Waals surface area contributed by atoms with Crippen molar-refractivity contribution >= 4 is 6.08 Å². The molecule has 0 aromatic carbocycles. The molecule has 0 saturated carbocycles. The molecule has 94 valence electrons. The number of aromatic nitrogens is 2. The molecule has 17 heavy (non-hydrogen) atoms. The zero-order chi connectivity index (χ0) is 13.0. The molecule has 0 fully saturated rings. The third kappa shape index (κ3) is 4.01. The van der Waals surface area contributed by atoms with Gasteiger partial charge in [-0.2, -0.15) is 5.10 Å². The lowest BCUT2D eigenvalue weighted by molar-refractivity contribution is -0.427. The van der Waals surface area contributed by atoms with Crippen molar-refractivity contribution in [1.82, 2.24) is 9.78 Å². The van der Waals surface area contributed by atoms with Crippen LogP contribution in [0.2, 0.25) is 0 Å². The molecule has 0 bridgehead atoms. The Morgan fingerprint density at radius 1 is 1.53 bits per heavy atom. The van der Waals surface area contributed by atoms with E-state index in [1.807, 2.05) is 33.9 Å². The van der Waals surface area contributed by atoms with E-state index in [1.165, 1.54) is 0 Å². The first kappa shape index (κ1) is 13.4. The minimum absolute atomic E-state index is 0.239. The first-order valence-corrected chi connectivity index (χ1v) is 5.79. The number of allylic oxidation sites excluding steroid dienone is 1. The molecule has 1 rings (SSSR count). The number of nitro groups is 1. The zero-order valence-corrected chi connectivity index (χ0v) is 10.8. The van der Waals surface area contributed by atoms with Crippen molar-refractivity contribution in [3.8, 4) is 0 Å². The maximum absolute atomic E-state index is 10.9. The second-order valence-electron chi connectivity index (χ2n) is 4.84. The second kappa shape index (κ2) is 5.61. The summed E-state index contributed by atoms with van der Waals surface area (Å²) < 4.78 is 1.79. The summed E-state index contributed by atoms with van der Waals surface area (Å²) in [4.78, 5) is 10.6. The van der Waals surface area contributed by atoms with Gasteiger partial charge in [0.2, 0.25) is 5.70 Å². The van der Waals surface area contributed by atoms with Crippen LogP contribution in [0.4, 0.5) is 0 Å². The van der Waals surface area contributed by atoms with Gasteiger partial charge in [-0.3, -0.25) is 14.8 Å². The number of rotatable bonds is 5. The van der Waals surface area contributed by atoms with Crippen LogP contribution in [0.5, 0.6) is 0 Å².